The summed E-state index contributed by atoms with van der Waals surface area (Å²) in [5, 5.41) is 14.3. The second-order valence-electron chi connectivity index (χ2n) is 6.07. The van der Waals surface area contributed by atoms with E-state index in [2.05, 4.69) is 38.3 Å². The van der Waals surface area contributed by atoms with E-state index in [4.69, 9.17) is 5.11 Å². The standard InChI is InChI=1S/C14H28N2O3/c1-8(2)11(9(3)4)7-15-14(19)16-12(10(5)6)13(17)18/h8-12H,7H2,1-6H3,(H,17,18)(H2,15,16,19)/t12-/m1/s1. The maximum atomic E-state index is 11.7. The summed E-state index contributed by atoms with van der Waals surface area (Å²) in [5.41, 5.74) is 0. The second-order valence-corrected chi connectivity index (χ2v) is 6.07. The largest absolute Gasteiger partial charge is 0.480 e. The lowest BCUT2D eigenvalue weighted by Crippen LogP contribution is -2.49. The molecule has 0 aromatic carbocycles. The molecule has 0 saturated carbocycles. The fourth-order valence-electron chi connectivity index (χ4n) is 2.16. The predicted octanol–water partition coefficient (Wildman–Crippen LogP) is 2.32. The van der Waals surface area contributed by atoms with Gasteiger partial charge in [-0.3, -0.25) is 0 Å². The number of urea groups is 1. The SMILES string of the molecule is CC(C)C(CNC(=O)N[C@@H](C(=O)O)C(C)C)C(C)C. The van der Waals surface area contributed by atoms with Gasteiger partial charge in [-0.2, -0.15) is 0 Å². The van der Waals surface area contributed by atoms with Gasteiger partial charge in [0.05, 0.1) is 0 Å². The zero-order valence-corrected chi connectivity index (χ0v) is 12.9. The zero-order chi connectivity index (χ0) is 15.2. The van der Waals surface area contributed by atoms with Crippen molar-refractivity contribution in [3.05, 3.63) is 0 Å². The third-order valence-electron chi connectivity index (χ3n) is 3.43. The lowest BCUT2D eigenvalue weighted by Gasteiger charge is -2.26. The van der Waals surface area contributed by atoms with Gasteiger partial charge in [0.25, 0.3) is 0 Å². The quantitative estimate of drug-likeness (QED) is 0.665. The van der Waals surface area contributed by atoms with E-state index in [0.717, 1.165) is 0 Å². The molecule has 0 spiro atoms. The van der Waals surface area contributed by atoms with Crippen molar-refractivity contribution in [2.75, 3.05) is 6.54 Å². The predicted molar refractivity (Wildman–Crippen MR) is 76.0 cm³/mol. The van der Waals surface area contributed by atoms with Gasteiger partial charge in [0.1, 0.15) is 6.04 Å². The number of hydrogen-bond donors (Lipinski definition) is 3. The van der Waals surface area contributed by atoms with E-state index in [1.54, 1.807) is 13.8 Å². The third kappa shape index (κ3) is 6.45. The highest BCUT2D eigenvalue weighted by atomic mass is 16.4. The molecule has 0 radical (unpaired) electrons. The third-order valence-corrected chi connectivity index (χ3v) is 3.43. The molecule has 3 N–H and O–H groups in total. The number of carboxylic acid groups (broad SMARTS) is 1. The average Bonchev–Trinajstić information content (AvgIpc) is 2.24. The number of carbonyl (C=O) groups is 2. The van der Waals surface area contributed by atoms with Crippen LogP contribution in [0.4, 0.5) is 4.79 Å². The van der Waals surface area contributed by atoms with Gasteiger partial charge >= 0.3 is 12.0 Å². The molecule has 0 unspecified atom stereocenters. The summed E-state index contributed by atoms with van der Waals surface area (Å²) in [6.45, 7) is 12.6. The van der Waals surface area contributed by atoms with Crippen LogP contribution < -0.4 is 10.6 Å². The van der Waals surface area contributed by atoms with E-state index in [9.17, 15) is 9.59 Å². The number of hydrogen-bond acceptors (Lipinski definition) is 2. The number of amides is 2. The Morgan fingerprint density at radius 1 is 0.947 bits per heavy atom. The van der Waals surface area contributed by atoms with Gasteiger partial charge in [0, 0.05) is 6.54 Å². The summed E-state index contributed by atoms with van der Waals surface area (Å²) in [5.74, 6) is 0.179. The molecule has 0 bridgehead atoms. The highest BCUT2D eigenvalue weighted by Gasteiger charge is 2.24. The van der Waals surface area contributed by atoms with Crippen LogP contribution in [0.3, 0.4) is 0 Å². The number of carbonyl (C=O) groups excluding carboxylic acids is 1. The van der Waals surface area contributed by atoms with Crippen LogP contribution in [-0.2, 0) is 4.79 Å². The molecule has 2 amide bonds. The summed E-state index contributed by atoms with van der Waals surface area (Å²) in [4.78, 5) is 22.7. The van der Waals surface area contributed by atoms with E-state index in [1.807, 2.05) is 0 Å². The Kier molecular flexibility index (Phi) is 7.49. The van der Waals surface area contributed by atoms with Crippen molar-refractivity contribution >= 4 is 12.0 Å². The molecule has 112 valence electrons. The first-order valence-corrected chi connectivity index (χ1v) is 6.94. The maximum absolute atomic E-state index is 11.7. The zero-order valence-electron chi connectivity index (χ0n) is 12.9. The number of carboxylic acids is 1. The van der Waals surface area contributed by atoms with Crippen molar-refractivity contribution < 1.29 is 14.7 Å². The first-order valence-electron chi connectivity index (χ1n) is 6.94. The minimum absolute atomic E-state index is 0.144. The maximum Gasteiger partial charge on any atom is 0.326 e. The molecule has 0 fully saturated rings. The minimum atomic E-state index is -1.01. The molecular formula is C14H28N2O3. The van der Waals surface area contributed by atoms with Crippen LogP contribution in [0.15, 0.2) is 0 Å². The smallest absolute Gasteiger partial charge is 0.326 e. The lowest BCUT2D eigenvalue weighted by molar-refractivity contribution is -0.140. The molecule has 1 atom stereocenters. The van der Waals surface area contributed by atoms with E-state index in [-0.39, 0.29) is 5.92 Å². The van der Waals surface area contributed by atoms with Crippen molar-refractivity contribution in [3.8, 4) is 0 Å². The van der Waals surface area contributed by atoms with Gasteiger partial charge in [0.15, 0.2) is 0 Å². The Hall–Kier alpha value is -1.26. The molecule has 0 rings (SSSR count). The lowest BCUT2D eigenvalue weighted by atomic mass is 9.85. The molecule has 0 saturated heterocycles. The van der Waals surface area contributed by atoms with E-state index >= 15 is 0 Å². The topological polar surface area (TPSA) is 78.4 Å². The van der Waals surface area contributed by atoms with E-state index in [1.165, 1.54) is 0 Å². The number of nitrogens with one attached hydrogen (secondary N) is 2. The molecule has 5 nitrogen and oxygen atoms in total. The molecule has 0 aliphatic heterocycles. The highest BCUT2D eigenvalue weighted by Crippen LogP contribution is 2.19. The Labute approximate surface area is 116 Å². The summed E-state index contributed by atoms with van der Waals surface area (Å²) in [7, 11) is 0. The average molecular weight is 272 g/mol. The molecule has 0 aromatic rings. The van der Waals surface area contributed by atoms with Crippen molar-refractivity contribution in [2.45, 2.75) is 47.6 Å². The Morgan fingerprint density at radius 2 is 1.42 bits per heavy atom. The fourth-order valence-corrected chi connectivity index (χ4v) is 2.16. The van der Waals surface area contributed by atoms with Gasteiger partial charge < -0.3 is 15.7 Å². The summed E-state index contributed by atoms with van der Waals surface area (Å²) >= 11 is 0. The van der Waals surface area contributed by atoms with Gasteiger partial charge in [-0.15, -0.1) is 0 Å². The normalized spacial score (nSPS) is 13.2. The van der Waals surface area contributed by atoms with Crippen LogP contribution in [0, 0.1) is 23.7 Å². The van der Waals surface area contributed by atoms with Crippen molar-refractivity contribution in [3.63, 3.8) is 0 Å². The van der Waals surface area contributed by atoms with Crippen LogP contribution in [0.5, 0.6) is 0 Å². The minimum Gasteiger partial charge on any atom is -0.480 e. The fraction of sp³-hybridized carbons (Fsp3) is 0.857. The van der Waals surface area contributed by atoms with E-state index < -0.39 is 18.0 Å². The summed E-state index contributed by atoms with van der Waals surface area (Å²) in [6, 6.07) is -1.26. The molecule has 0 aromatic heterocycles. The molecule has 19 heavy (non-hydrogen) atoms. The molecule has 0 aliphatic carbocycles. The van der Waals surface area contributed by atoms with Crippen molar-refractivity contribution in [1.29, 1.82) is 0 Å². The first-order chi connectivity index (χ1) is 8.66. The number of rotatable bonds is 7. The number of aliphatic carboxylic acids is 1. The van der Waals surface area contributed by atoms with Crippen LogP contribution >= 0.6 is 0 Å². The Balaban J connectivity index is 4.34. The van der Waals surface area contributed by atoms with Crippen LogP contribution in [0.2, 0.25) is 0 Å². The monoisotopic (exact) mass is 272 g/mol. The second kappa shape index (κ2) is 8.02. The molecule has 0 aliphatic rings. The van der Waals surface area contributed by atoms with Crippen LogP contribution in [0.1, 0.15) is 41.5 Å². The van der Waals surface area contributed by atoms with Gasteiger partial charge in [-0.25, -0.2) is 9.59 Å². The van der Waals surface area contributed by atoms with Crippen molar-refractivity contribution in [2.24, 2.45) is 23.7 Å². The Morgan fingerprint density at radius 3 is 1.74 bits per heavy atom. The molecule has 0 heterocycles. The van der Waals surface area contributed by atoms with E-state index in [0.29, 0.717) is 24.3 Å². The Bertz CT molecular complexity index is 293. The molecule has 5 heteroatoms. The van der Waals surface area contributed by atoms with Crippen molar-refractivity contribution in [1.82, 2.24) is 10.6 Å². The van der Waals surface area contributed by atoms with Gasteiger partial charge in [-0.1, -0.05) is 41.5 Å². The first kappa shape index (κ1) is 17.7. The molecular weight excluding hydrogens is 244 g/mol. The van der Waals surface area contributed by atoms with Gasteiger partial charge in [0.2, 0.25) is 0 Å². The highest BCUT2D eigenvalue weighted by molar-refractivity contribution is 5.82. The summed E-state index contributed by atoms with van der Waals surface area (Å²) < 4.78 is 0. The summed E-state index contributed by atoms with van der Waals surface area (Å²) in [6.07, 6.45) is 0. The van der Waals surface area contributed by atoms with Crippen LogP contribution in [-0.4, -0.2) is 29.7 Å². The van der Waals surface area contributed by atoms with Gasteiger partial charge in [-0.05, 0) is 23.7 Å². The van der Waals surface area contributed by atoms with Crippen LogP contribution in [0.25, 0.3) is 0 Å².